The summed E-state index contributed by atoms with van der Waals surface area (Å²) in [5.41, 5.74) is 3.98. The Morgan fingerprint density at radius 3 is 2.31 bits per heavy atom. The second kappa shape index (κ2) is 9.50. The number of carbonyl (C=O) groups excluding carboxylic acids is 1. The standard InChI is InChI=1S/C30H26N2O7/c1-17-24(31-29(35)38-18(2)19-6-4-3-5-7-19)25(39-32-17)23-13-12-22(26-27(23)37-16-36-26)20-8-10-21(11-9-20)30(14-15-30)28(33)34/h3-13,18H,14-16H2,1-2H3,(H,31,35)(H,33,34). The van der Waals surface area contributed by atoms with Gasteiger partial charge in [0.15, 0.2) is 17.3 Å². The Hall–Kier alpha value is -4.79. The van der Waals surface area contributed by atoms with Crippen LogP contribution in [0.15, 0.2) is 71.3 Å². The number of anilines is 1. The molecule has 9 nitrogen and oxygen atoms in total. The molecule has 1 atom stereocenters. The number of carboxylic acid groups (broad SMARTS) is 1. The number of aliphatic carboxylic acids is 1. The van der Waals surface area contributed by atoms with E-state index in [0.717, 1.165) is 22.3 Å². The monoisotopic (exact) mass is 526 g/mol. The summed E-state index contributed by atoms with van der Waals surface area (Å²) in [5, 5.41) is 16.4. The minimum atomic E-state index is -0.789. The average Bonchev–Trinajstić information content (AvgIpc) is 3.49. The Kier molecular flexibility index (Phi) is 5.98. The topological polar surface area (TPSA) is 120 Å². The summed E-state index contributed by atoms with van der Waals surface area (Å²) < 4.78 is 22.8. The largest absolute Gasteiger partial charge is 0.481 e. The van der Waals surface area contributed by atoms with E-state index in [-0.39, 0.29) is 6.79 Å². The van der Waals surface area contributed by atoms with Crippen molar-refractivity contribution in [1.82, 2.24) is 5.16 Å². The number of hydrogen-bond acceptors (Lipinski definition) is 7. The number of aryl methyl sites for hydroxylation is 1. The van der Waals surface area contributed by atoms with Crippen LogP contribution < -0.4 is 14.8 Å². The number of amides is 1. The molecule has 0 bridgehead atoms. The molecule has 4 aromatic rings. The van der Waals surface area contributed by atoms with E-state index in [2.05, 4.69) is 10.5 Å². The zero-order chi connectivity index (χ0) is 27.1. The summed E-state index contributed by atoms with van der Waals surface area (Å²) >= 11 is 0. The molecule has 1 aromatic heterocycles. The Bertz CT molecular complexity index is 1560. The number of fused-ring (bicyclic) bond motifs is 1. The second-order valence-corrected chi connectivity index (χ2v) is 9.75. The first-order valence-electron chi connectivity index (χ1n) is 12.6. The molecule has 6 rings (SSSR count). The van der Waals surface area contributed by atoms with E-state index >= 15 is 0 Å². The molecule has 2 N–H and O–H groups in total. The molecule has 1 saturated carbocycles. The fourth-order valence-electron chi connectivity index (χ4n) is 4.91. The van der Waals surface area contributed by atoms with E-state index in [1.165, 1.54) is 0 Å². The van der Waals surface area contributed by atoms with Gasteiger partial charge >= 0.3 is 12.1 Å². The smallest absolute Gasteiger partial charge is 0.412 e. The number of carboxylic acids is 1. The van der Waals surface area contributed by atoms with Crippen LogP contribution in [-0.4, -0.2) is 29.1 Å². The van der Waals surface area contributed by atoms with Crippen molar-refractivity contribution >= 4 is 17.7 Å². The van der Waals surface area contributed by atoms with Gasteiger partial charge in [0.25, 0.3) is 0 Å². The summed E-state index contributed by atoms with van der Waals surface area (Å²) in [6.07, 6.45) is 0.203. The normalized spacial score (nSPS) is 15.4. The van der Waals surface area contributed by atoms with Crippen LogP contribution >= 0.6 is 0 Å². The Morgan fingerprint density at radius 2 is 1.64 bits per heavy atom. The van der Waals surface area contributed by atoms with E-state index in [0.29, 0.717) is 47.0 Å². The van der Waals surface area contributed by atoms with Crippen LogP contribution in [-0.2, 0) is 14.9 Å². The zero-order valence-electron chi connectivity index (χ0n) is 21.4. The van der Waals surface area contributed by atoms with Gasteiger partial charge in [-0.25, -0.2) is 4.79 Å². The molecule has 1 fully saturated rings. The van der Waals surface area contributed by atoms with Gasteiger partial charge in [0.1, 0.15) is 17.5 Å². The predicted molar refractivity (Wildman–Crippen MR) is 142 cm³/mol. The van der Waals surface area contributed by atoms with E-state index in [4.69, 9.17) is 18.7 Å². The maximum absolute atomic E-state index is 12.8. The summed E-state index contributed by atoms with van der Waals surface area (Å²) in [6, 6.07) is 20.6. The Morgan fingerprint density at radius 1 is 0.974 bits per heavy atom. The zero-order valence-corrected chi connectivity index (χ0v) is 21.4. The van der Waals surface area contributed by atoms with Gasteiger partial charge < -0.3 is 23.8 Å². The number of ether oxygens (including phenoxy) is 3. The molecule has 39 heavy (non-hydrogen) atoms. The lowest BCUT2D eigenvalue weighted by atomic mass is 9.93. The summed E-state index contributed by atoms with van der Waals surface area (Å²) in [7, 11) is 0. The number of nitrogens with one attached hydrogen (secondary N) is 1. The molecule has 1 unspecified atom stereocenters. The highest BCUT2D eigenvalue weighted by molar-refractivity contribution is 5.93. The number of benzene rings is 3. The van der Waals surface area contributed by atoms with Crippen molar-refractivity contribution in [2.45, 2.75) is 38.2 Å². The molecular formula is C30H26N2O7. The van der Waals surface area contributed by atoms with Crippen molar-refractivity contribution in [3.8, 4) is 33.9 Å². The van der Waals surface area contributed by atoms with Gasteiger partial charge in [-0.3, -0.25) is 10.1 Å². The molecule has 1 aliphatic heterocycles. The molecule has 3 aromatic carbocycles. The van der Waals surface area contributed by atoms with Gasteiger partial charge in [0.2, 0.25) is 6.79 Å². The second-order valence-electron chi connectivity index (χ2n) is 9.75. The molecule has 1 aliphatic carbocycles. The van der Waals surface area contributed by atoms with Gasteiger partial charge in [-0.2, -0.15) is 0 Å². The van der Waals surface area contributed by atoms with Gasteiger partial charge in [-0.1, -0.05) is 59.8 Å². The fourth-order valence-corrected chi connectivity index (χ4v) is 4.91. The number of rotatable bonds is 7. The highest BCUT2D eigenvalue weighted by Gasteiger charge is 2.51. The van der Waals surface area contributed by atoms with Crippen LogP contribution in [0.2, 0.25) is 0 Å². The molecule has 0 saturated heterocycles. The lowest BCUT2D eigenvalue weighted by molar-refractivity contribution is -0.140. The quantitative estimate of drug-likeness (QED) is 0.281. The number of aromatic nitrogens is 1. The third-order valence-corrected chi connectivity index (χ3v) is 7.31. The molecule has 1 amide bonds. The molecule has 0 radical (unpaired) electrons. The minimum absolute atomic E-state index is 0.0199. The Labute approximate surface area is 224 Å². The summed E-state index contributed by atoms with van der Waals surface area (Å²) in [6.45, 7) is 3.54. The summed E-state index contributed by atoms with van der Waals surface area (Å²) in [5.74, 6) is 0.519. The van der Waals surface area contributed by atoms with Gasteiger partial charge in [-0.15, -0.1) is 0 Å². The van der Waals surface area contributed by atoms with Crippen molar-refractivity contribution in [1.29, 1.82) is 0 Å². The minimum Gasteiger partial charge on any atom is -0.481 e. The molecule has 2 aliphatic rings. The molecular weight excluding hydrogens is 500 g/mol. The Balaban J connectivity index is 1.27. The van der Waals surface area contributed by atoms with Crippen molar-refractivity contribution < 1.29 is 33.4 Å². The highest BCUT2D eigenvalue weighted by Crippen LogP contribution is 2.51. The summed E-state index contributed by atoms with van der Waals surface area (Å²) in [4.78, 5) is 24.4. The first-order valence-corrected chi connectivity index (χ1v) is 12.6. The van der Waals surface area contributed by atoms with E-state index < -0.39 is 23.6 Å². The fraction of sp³-hybridized carbons (Fsp3) is 0.233. The van der Waals surface area contributed by atoms with Gasteiger partial charge in [0.05, 0.1) is 11.0 Å². The third-order valence-electron chi connectivity index (χ3n) is 7.31. The van der Waals surface area contributed by atoms with Crippen LogP contribution in [0.5, 0.6) is 11.5 Å². The number of hydrogen-bond donors (Lipinski definition) is 2. The predicted octanol–water partition coefficient (Wildman–Crippen LogP) is 6.47. The first kappa shape index (κ1) is 24.5. The molecule has 9 heteroatoms. The lowest BCUT2D eigenvalue weighted by Gasteiger charge is -2.15. The maximum Gasteiger partial charge on any atom is 0.412 e. The van der Waals surface area contributed by atoms with Crippen LogP contribution in [0.4, 0.5) is 10.5 Å². The molecule has 198 valence electrons. The SMILES string of the molecule is Cc1noc(-c2ccc(-c3ccc(C4(C(=O)O)CC4)cc3)c3c2OCO3)c1NC(=O)OC(C)c1ccccc1. The van der Waals surface area contributed by atoms with Crippen LogP contribution in [0.25, 0.3) is 22.5 Å². The first-order chi connectivity index (χ1) is 18.9. The molecule has 0 spiro atoms. The highest BCUT2D eigenvalue weighted by atomic mass is 16.7. The van der Waals surface area contributed by atoms with Gasteiger partial charge in [-0.05, 0) is 55.5 Å². The van der Waals surface area contributed by atoms with Crippen LogP contribution in [0.3, 0.4) is 0 Å². The third kappa shape index (κ3) is 4.35. The van der Waals surface area contributed by atoms with Gasteiger partial charge in [0, 0.05) is 5.56 Å². The molecule has 2 heterocycles. The average molecular weight is 527 g/mol. The van der Waals surface area contributed by atoms with Crippen molar-refractivity contribution in [2.24, 2.45) is 0 Å². The number of nitrogens with zero attached hydrogens (tertiary/aromatic N) is 1. The van der Waals surface area contributed by atoms with Crippen LogP contribution in [0.1, 0.15) is 42.7 Å². The van der Waals surface area contributed by atoms with Crippen LogP contribution in [0, 0.1) is 6.92 Å². The van der Waals surface area contributed by atoms with E-state index in [1.54, 1.807) is 13.8 Å². The lowest BCUT2D eigenvalue weighted by Crippen LogP contribution is -2.19. The van der Waals surface area contributed by atoms with E-state index in [1.807, 2.05) is 66.7 Å². The van der Waals surface area contributed by atoms with Crippen molar-refractivity contribution in [2.75, 3.05) is 12.1 Å². The van der Waals surface area contributed by atoms with Crippen molar-refractivity contribution in [3.05, 3.63) is 83.6 Å². The number of carbonyl (C=O) groups is 2. The van der Waals surface area contributed by atoms with Crippen molar-refractivity contribution in [3.63, 3.8) is 0 Å². The van der Waals surface area contributed by atoms with E-state index in [9.17, 15) is 14.7 Å². The maximum atomic E-state index is 12.8.